The summed E-state index contributed by atoms with van der Waals surface area (Å²) < 4.78 is 7.97. The van der Waals surface area contributed by atoms with Gasteiger partial charge in [0.05, 0.1) is 6.42 Å². The molecule has 4 aromatic rings. The van der Waals surface area contributed by atoms with Crippen molar-refractivity contribution in [2.75, 3.05) is 5.32 Å². The Hall–Kier alpha value is -3.60. The van der Waals surface area contributed by atoms with E-state index in [9.17, 15) is 4.79 Å². The van der Waals surface area contributed by atoms with E-state index in [4.69, 9.17) is 4.74 Å². The third kappa shape index (κ3) is 3.88. The number of ether oxygens (including phenoxy) is 1. The molecule has 0 radical (unpaired) electrons. The number of rotatable bonds is 6. The summed E-state index contributed by atoms with van der Waals surface area (Å²) in [5.41, 5.74) is 2.88. The Labute approximate surface area is 163 Å². The van der Waals surface area contributed by atoms with Crippen LogP contribution in [0.25, 0.3) is 10.9 Å². The third-order valence-electron chi connectivity index (χ3n) is 4.57. The predicted molar refractivity (Wildman–Crippen MR) is 111 cm³/mol. The zero-order valence-electron chi connectivity index (χ0n) is 15.6. The lowest BCUT2D eigenvalue weighted by Gasteiger charge is -2.09. The van der Waals surface area contributed by atoms with Gasteiger partial charge in [-0.3, -0.25) is 9.78 Å². The summed E-state index contributed by atoms with van der Waals surface area (Å²) in [5, 5.41) is 4.09. The molecule has 2 heterocycles. The summed E-state index contributed by atoms with van der Waals surface area (Å²) in [4.78, 5) is 16.6. The number of aryl methyl sites for hydroxylation is 1. The van der Waals surface area contributed by atoms with Crippen LogP contribution in [-0.2, 0) is 17.8 Å². The summed E-state index contributed by atoms with van der Waals surface area (Å²) in [5.74, 6) is 1.30. The standard InChI is InChI=1S/C23H21N3O2/c1-2-26-16-17(21-8-3-4-9-22(21)26)14-23(27)25-18-6-5-7-20(15-18)28-19-10-12-24-13-11-19/h3-13,15-16H,2,14H2,1H3,(H,25,27). The van der Waals surface area contributed by atoms with E-state index in [-0.39, 0.29) is 5.91 Å². The monoisotopic (exact) mass is 371 g/mol. The van der Waals surface area contributed by atoms with Gasteiger partial charge >= 0.3 is 0 Å². The SMILES string of the molecule is CCn1cc(CC(=O)Nc2cccc(Oc3ccncc3)c2)c2ccccc21. The van der Waals surface area contributed by atoms with Crippen molar-refractivity contribution in [1.29, 1.82) is 0 Å². The number of carbonyl (C=O) groups excluding carboxylic acids is 1. The average molecular weight is 371 g/mol. The number of para-hydroxylation sites is 1. The number of carbonyl (C=O) groups is 1. The number of nitrogens with one attached hydrogen (secondary N) is 1. The first kappa shape index (κ1) is 17.8. The lowest BCUT2D eigenvalue weighted by molar-refractivity contribution is -0.115. The highest BCUT2D eigenvalue weighted by Gasteiger charge is 2.12. The number of amides is 1. The molecule has 2 aromatic carbocycles. The van der Waals surface area contributed by atoms with E-state index in [0.29, 0.717) is 23.6 Å². The molecule has 0 saturated carbocycles. The third-order valence-corrected chi connectivity index (χ3v) is 4.57. The Bertz CT molecular complexity index is 1100. The van der Waals surface area contributed by atoms with Gasteiger partial charge < -0.3 is 14.6 Å². The molecule has 0 unspecified atom stereocenters. The first-order valence-electron chi connectivity index (χ1n) is 9.27. The van der Waals surface area contributed by atoms with Crippen LogP contribution in [-0.4, -0.2) is 15.5 Å². The van der Waals surface area contributed by atoms with Crippen LogP contribution in [0.5, 0.6) is 11.5 Å². The lowest BCUT2D eigenvalue weighted by atomic mass is 10.1. The summed E-state index contributed by atoms with van der Waals surface area (Å²) in [7, 11) is 0. The van der Waals surface area contributed by atoms with Crippen LogP contribution in [0.3, 0.4) is 0 Å². The molecule has 0 aliphatic carbocycles. The Morgan fingerprint density at radius 2 is 1.86 bits per heavy atom. The van der Waals surface area contributed by atoms with E-state index in [2.05, 4.69) is 40.1 Å². The fourth-order valence-electron chi connectivity index (χ4n) is 3.28. The van der Waals surface area contributed by atoms with Crippen LogP contribution in [0.15, 0.2) is 79.3 Å². The Balaban J connectivity index is 1.48. The molecule has 0 aliphatic rings. The minimum atomic E-state index is -0.0555. The number of nitrogens with zero attached hydrogens (tertiary/aromatic N) is 2. The molecule has 5 nitrogen and oxygen atoms in total. The highest BCUT2D eigenvalue weighted by Crippen LogP contribution is 2.25. The Morgan fingerprint density at radius 1 is 1.04 bits per heavy atom. The molecule has 140 valence electrons. The van der Waals surface area contributed by atoms with Crippen molar-refractivity contribution in [2.24, 2.45) is 0 Å². The van der Waals surface area contributed by atoms with Crippen molar-refractivity contribution < 1.29 is 9.53 Å². The summed E-state index contributed by atoms with van der Waals surface area (Å²) in [6, 6.07) is 19.1. The quantitative estimate of drug-likeness (QED) is 0.517. The van der Waals surface area contributed by atoms with Crippen molar-refractivity contribution in [3.63, 3.8) is 0 Å². The Kier molecular flexibility index (Phi) is 5.06. The average Bonchev–Trinajstić information content (AvgIpc) is 3.07. The molecule has 2 aromatic heterocycles. The van der Waals surface area contributed by atoms with Crippen LogP contribution >= 0.6 is 0 Å². The van der Waals surface area contributed by atoms with Crippen LogP contribution in [0, 0.1) is 0 Å². The molecular weight excluding hydrogens is 350 g/mol. The molecule has 0 atom stereocenters. The highest BCUT2D eigenvalue weighted by molar-refractivity contribution is 5.96. The number of hydrogen-bond acceptors (Lipinski definition) is 3. The lowest BCUT2D eigenvalue weighted by Crippen LogP contribution is -2.14. The zero-order valence-corrected chi connectivity index (χ0v) is 15.6. The number of fused-ring (bicyclic) bond motifs is 1. The number of hydrogen-bond donors (Lipinski definition) is 1. The van der Waals surface area contributed by atoms with E-state index in [1.807, 2.05) is 36.4 Å². The molecule has 0 fully saturated rings. The van der Waals surface area contributed by atoms with Crippen molar-refractivity contribution in [3.8, 4) is 11.5 Å². The van der Waals surface area contributed by atoms with Gasteiger partial charge in [-0.2, -0.15) is 0 Å². The van der Waals surface area contributed by atoms with Gasteiger partial charge in [0.2, 0.25) is 5.91 Å². The largest absolute Gasteiger partial charge is 0.457 e. The molecule has 0 aliphatic heterocycles. The normalized spacial score (nSPS) is 10.8. The van der Waals surface area contributed by atoms with Gasteiger partial charge in [0, 0.05) is 47.8 Å². The van der Waals surface area contributed by atoms with Crippen molar-refractivity contribution >= 4 is 22.5 Å². The molecular formula is C23H21N3O2. The summed E-state index contributed by atoms with van der Waals surface area (Å²) >= 11 is 0. The maximum Gasteiger partial charge on any atom is 0.228 e. The first-order valence-corrected chi connectivity index (χ1v) is 9.27. The Morgan fingerprint density at radius 3 is 2.68 bits per heavy atom. The fourth-order valence-corrected chi connectivity index (χ4v) is 3.28. The second-order valence-corrected chi connectivity index (χ2v) is 6.50. The maximum absolute atomic E-state index is 12.6. The van der Waals surface area contributed by atoms with Crippen molar-refractivity contribution in [3.05, 3.63) is 84.8 Å². The topological polar surface area (TPSA) is 56.2 Å². The van der Waals surface area contributed by atoms with Gasteiger partial charge in [0.15, 0.2) is 0 Å². The minimum absolute atomic E-state index is 0.0555. The predicted octanol–water partition coefficient (Wildman–Crippen LogP) is 5.03. The fraction of sp³-hybridized carbons (Fsp3) is 0.130. The van der Waals surface area contributed by atoms with Gasteiger partial charge in [-0.1, -0.05) is 24.3 Å². The number of pyridine rings is 1. The number of aromatic nitrogens is 2. The summed E-state index contributed by atoms with van der Waals surface area (Å²) in [6.45, 7) is 2.97. The van der Waals surface area contributed by atoms with Crippen molar-refractivity contribution in [2.45, 2.75) is 19.9 Å². The van der Waals surface area contributed by atoms with E-state index in [1.54, 1.807) is 24.5 Å². The van der Waals surface area contributed by atoms with Crippen LogP contribution in [0.1, 0.15) is 12.5 Å². The molecule has 1 amide bonds. The molecule has 4 rings (SSSR count). The van der Waals surface area contributed by atoms with Gasteiger partial charge in [0.1, 0.15) is 11.5 Å². The molecule has 1 N–H and O–H groups in total. The van der Waals surface area contributed by atoms with Crippen LogP contribution < -0.4 is 10.1 Å². The molecule has 0 spiro atoms. The zero-order chi connectivity index (χ0) is 19.3. The maximum atomic E-state index is 12.6. The van der Waals surface area contributed by atoms with Gasteiger partial charge in [0.25, 0.3) is 0 Å². The van der Waals surface area contributed by atoms with E-state index in [1.165, 1.54) is 0 Å². The molecule has 0 bridgehead atoms. The van der Waals surface area contributed by atoms with Gasteiger partial charge in [-0.05, 0) is 42.8 Å². The number of anilines is 1. The first-order chi connectivity index (χ1) is 13.7. The second-order valence-electron chi connectivity index (χ2n) is 6.50. The summed E-state index contributed by atoms with van der Waals surface area (Å²) in [6.07, 6.45) is 5.73. The van der Waals surface area contributed by atoms with E-state index < -0.39 is 0 Å². The van der Waals surface area contributed by atoms with Crippen molar-refractivity contribution in [1.82, 2.24) is 9.55 Å². The van der Waals surface area contributed by atoms with Gasteiger partial charge in [-0.25, -0.2) is 0 Å². The van der Waals surface area contributed by atoms with E-state index >= 15 is 0 Å². The van der Waals surface area contributed by atoms with E-state index in [0.717, 1.165) is 23.0 Å². The number of benzene rings is 2. The van der Waals surface area contributed by atoms with Crippen LogP contribution in [0.2, 0.25) is 0 Å². The smallest absolute Gasteiger partial charge is 0.228 e. The van der Waals surface area contributed by atoms with Gasteiger partial charge in [-0.15, -0.1) is 0 Å². The molecule has 0 saturated heterocycles. The highest BCUT2D eigenvalue weighted by atomic mass is 16.5. The van der Waals surface area contributed by atoms with Crippen LogP contribution in [0.4, 0.5) is 5.69 Å². The second kappa shape index (κ2) is 7.96. The molecule has 28 heavy (non-hydrogen) atoms. The molecule has 5 heteroatoms. The minimum Gasteiger partial charge on any atom is -0.457 e.